The van der Waals surface area contributed by atoms with Gasteiger partial charge in [0.05, 0.1) is 11.7 Å². The molecule has 0 bridgehead atoms. The lowest BCUT2D eigenvalue weighted by Gasteiger charge is -2.12. The molecule has 2 aromatic rings. The Bertz CT molecular complexity index is 942. The van der Waals surface area contributed by atoms with Crippen molar-refractivity contribution in [1.29, 1.82) is 0 Å². The fourth-order valence-corrected chi connectivity index (χ4v) is 4.33. The van der Waals surface area contributed by atoms with E-state index in [0.29, 0.717) is 23.5 Å². The van der Waals surface area contributed by atoms with Crippen LogP contribution < -0.4 is 4.74 Å². The van der Waals surface area contributed by atoms with Crippen molar-refractivity contribution in [3.8, 4) is 11.5 Å². The van der Waals surface area contributed by atoms with Crippen LogP contribution in [0.4, 0.5) is 0 Å². The van der Waals surface area contributed by atoms with Crippen LogP contribution >= 0.6 is 24.0 Å². The van der Waals surface area contributed by atoms with E-state index in [0.717, 1.165) is 10.5 Å². The van der Waals surface area contributed by atoms with Gasteiger partial charge in [0.25, 0.3) is 0 Å². The second-order valence-corrected chi connectivity index (χ2v) is 8.19. The van der Waals surface area contributed by atoms with Crippen molar-refractivity contribution in [2.45, 2.75) is 18.1 Å². The summed E-state index contributed by atoms with van der Waals surface area (Å²) in [7, 11) is 0. The first kappa shape index (κ1) is 20.8. The summed E-state index contributed by atoms with van der Waals surface area (Å²) in [5, 5.41) is 17.2. The highest BCUT2D eigenvalue weighted by molar-refractivity contribution is 8.24. The molecule has 3 rings (SSSR count). The summed E-state index contributed by atoms with van der Waals surface area (Å²) >= 11 is 6.31. The molecule has 0 radical (unpaired) electrons. The Balaban J connectivity index is 1.59. The summed E-state index contributed by atoms with van der Waals surface area (Å²) in [4.78, 5) is 35.1. The van der Waals surface area contributed by atoms with Gasteiger partial charge in [-0.1, -0.05) is 48.2 Å². The standard InChI is InChI=1S/C20H17NO6S2/c22-17(23)10-13-3-7-15(8-4-13)27-14-5-1-12(2-6-14)9-16-19(26)21(11-18(24)25)20(28)29-16/h1-8,16H,9-11H2,(H,22,23)(H,24,25). The zero-order valence-corrected chi connectivity index (χ0v) is 16.7. The number of ether oxygens (including phenoxy) is 1. The first-order valence-electron chi connectivity index (χ1n) is 8.63. The maximum atomic E-state index is 12.4. The summed E-state index contributed by atoms with van der Waals surface area (Å²) in [5.41, 5.74) is 1.59. The molecule has 7 nitrogen and oxygen atoms in total. The van der Waals surface area contributed by atoms with Crippen LogP contribution in [0.5, 0.6) is 11.5 Å². The van der Waals surface area contributed by atoms with E-state index in [1.165, 1.54) is 11.8 Å². The molecule has 1 unspecified atom stereocenters. The number of amides is 1. The smallest absolute Gasteiger partial charge is 0.323 e. The van der Waals surface area contributed by atoms with Crippen molar-refractivity contribution in [1.82, 2.24) is 4.90 Å². The molecule has 1 atom stereocenters. The zero-order valence-electron chi connectivity index (χ0n) is 15.1. The van der Waals surface area contributed by atoms with E-state index in [9.17, 15) is 14.4 Å². The van der Waals surface area contributed by atoms with E-state index in [1.807, 2.05) is 12.1 Å². The van der Waals surface area contributed by atoms with Gasteiger partial charge in [-0.25, -0.2) is 0 Å². The van der Waals surface area contributed by atoms with Crippen molar-refractivity contribution < 1.29 is 29.3 Å². The summed E-state index contributed by atoms with van der Waals surface area (Å²) in [5.74, 6) is -1.08. The number of carbonyl (C=O) groups excluding carboxylic acids is 1. The molecular weight excluding hydrogens is 414 g/mol. The van der Waals surface area contributed by atoms with Gasteiger partial charge in [0, 0.05) is 0 Å². The molecule has 0 aromatic heterocycles. The predicted molar refractivity (Wildman–Crippen MR) is 111 cm³/mol. The fraction of sp³-hybridized carbons (Fsp3) is 0.200. The van der Waals surface area contributed by atoms with Crippen LogP contribution in [-0.4, -0.2) is 49.1 Å². The molecule has 2 N–H and O–H groups in total. The van der Waals surface area contributed by atoms with Gasteiger partial charge in [-0.2, -0.15) is 0 Å². The normalized spacial score (nSPS) is 16.1. The molecule has 0 aliphatic carbocycles. The Morgan fingerprint density at radius 1 is 0.966 bits per heavy atom. The van der Waals surface area contributed by atoms with Crippen molar-refractivity contribution in [3.63, 3.8) is 0 Å². The van der Waals surface area contributed by atoms with Crippen molar-refractivity contribution >= 4 is 46.1 Å². The minimum absolute atomic E-state index is 0.0415. The molecule has 150 valence electrons. The number of hydrogen-bond donors (Lipinski definition) is 2. The molecule has 1 fully saturated rings. The van der Waals surface area contributed by atoms with Crippen LogP contribution in [0.3, 0.4) is 0 Å². The van der Waals surface area contributed by atoms with E-state index in [4.69, 9.17) is 27.2 Å². The van der Waals surface area contributed by atoms with Gasteiger partial charge < -0.3 is 14.9 Å². The number of carboxylic acids is 2. The highest BCUT2D eigenvalue weighted by Gasteiger charge is 2.37. The number of hydrogen-bond acceptors (Lipinski definition) is 6. The quantitative estimate of drug-likeness (QED) is 0.615. The maximum absolute atomic E-state index is 12.4. The Hall–Kier alpha value is -2.91. The topological polar surface area (TPSA) is 104 Å². The third-order valence-electron chi connectivity index (χ3n) is 4.16. The summed E-state index contributed by atoms with van der Waals surface area (Å²) < 4.78 is 6.03. The summed E-state index contributed by atoms with van der Waals surface area (Å²) in [6.07, 6.45) is 0.393. The van der Waals surface area contributed by atoms with Crippen LogP contribution in [0.1, 0.15) is 11.1 Å². The number of rotatable bonds is 8. The molecule has 1 heterocycles. The van der Waals surface area contributed by atoms with Gasteiger partial charge in [0.15, 0.2) is 0 Å². The van der Waals surface area contributed by atoms with E-state index < -0.39 is 23.7 Å². The average Bonchev–Trinajstić information content (AvgIpc) is 2.91. The SMILES string of the molecule is O=C(O)Cc1ccc(Oc2ccc(CC3SC(=S)N(CC(=O)O)C3=O)cc2)cc1. The number of nitrogens with zero attached hydrogens (tertiary/aromatic N) is 1. The van der Waals surface area contributed by atoms with Crippen molar-refractivity contribution in [3.05, 3.63) is 59.7 Å². The Morgan fingerprint density at radius 2 is 1.52 bits per heavy atom. The number of thioether (sulfide) groups is 1. The van der Waals surface area contributed by atoms with Gasteiger partial charge >= 0.3 is 11.9 Å². The molecule has 1 amide bonds. The van der Waals surface area contributed by atoms with Gasteiger partial charge in [0.1, 0.15) is 22.4 Å². The first-order chi connectivity index (χ1) is 13.8. The fourth-order valence-electron chi connectivity index (χ4n) is 2.80. The van der Waals surface area contributed by atoms with Gasteiger partial charge in [-0.05, 0) is 41.8 Å². The highest BCUT2D eigenvalue weighted by Crippen LogP contribution is 2.30. The minimum Gasteiger partial charge on any atom is -0.481 e. The lowest BCUT2D eigenvalue weighted by molar-refractivity contribution is -0.141. The molecule has 9 heteroatoms. The Labute approximate surface area is 176 Å². The molecule has 1 saturated heterocycles. The molecular formula is C20H17NO6S2. The third kappa shape index (κ3) is 5.55. The van der Waals surface area contributed by atoms with Gasteiger partial charge in [-0.15, -0.1) is 0 Å². The third-order valence-corrected chi connectivity index (χ3v) is 5.74. The summed E-state index contributed by atoms with van der Waals surface area (Å²) in [6.45, 7) is -0.417. The van der Waals surface area contributed by atoms with Crippen LogP contribution in [0.25, 0.3) is 0 Å². The van der Waals surface area contributed by atoms with Gasteiger partial charge in [0.2, 0.25) is 5.91 Å². The van der Waals surface area contributed by atoms with E-state index >= 15 is 0 Å². The summed E-state index contributed by atoms with van der Waals surface area (Å²) in [6, 6.07) is 14.0. The second kappa shape index (κ2) is 9.06. The number of carboxylic acid groups (broad SMARTS) is 2. The second-order valence-electron chi connectivity index (χ2n) is 6.36. The molecule has 1 aliphatic heterocycles. The van der Waals surface area contributed by atoms with Crippen LogP contribution in [-0.2, 0) is 27.2 Å². The largest absolute Gasteiger partial charge is 0.481 e. The minimum atomic E-state index is -1.10. The number of thiocarbonyl (C=S) groups is 1. The van der Waals surface area contributed by atoms with Crippen LogP contribution in [0, 0.1) is 0 Å². The maximum Gasteiger partial charge on any atom is 0.323 e. The average molecular weight is 431 g/mol. The number of carbonyl (C=O) groups is 3. The molecule has 1 aliphatic rings. The van der Waals surface area contributed by atoms with E-state index in [2.05, 4.69) is 0 Å². The number of aliphatic carboxylic acids is 2. The molecule has 29 heavy (non-hydrogen) atoms. The lowest BCUT2D eigenvalue weighted by atomic mass is 10.1. The lowest BCUT2D eigenvalue weighted by Crippen LogP contribution is -2.36. The molecule has 2 aromatic carbocycles. The Kier molecular flexibility index (Phi) is 6.50. The molecule has 0 saturated carbocycles. The monoisotopic (exact) mass is 431 g/mol. The first-order valence-corrected chi connectivity index (χ1v) is 9.92. The van der Waals surface area contributed by atoms with Crippen molar-refractivity contribution in [2.75, 3.05) is 6.54 Å². The molecule has 0 spiro atoms. The van der Waals surface area contributed by atoms with Gasteiger partial charge in [-0.3, -0.25) is 19.3 Å². The van der Waals surface area contributed by atoms with E-state index in [1.54, 1.807) is 36.4 Å². The highest BCUT2D eigenvalue weighted by atomic mass is 32.2. The van der Waals surface area contributed by atoms with Crippen LogP contribution in [0.2, 0.25) is 0 Å². The van der Waals surface area contributed by atoms with Crippen molar-refractivity contribution in [2.24, 2.45) is 0 Å². The number of benzene rings is 2. The zero-order chi connectivity index (χ0) is 21.0. The predicted octanol–water partition coefficient (Wildman–Crippen LogP) is 2.96. The van der Waals surface area contributed by atoms with Crippen LogP contribution in [0.15, 0.2) is 48.5 Å². The van der Waals surface area contributed by atoms with E-state index in [-0.39, 0.29) is 16.6 Å². The Morgan fingerprint density at radius 3 is 2.03 bits per heavy atom.